The Kier molecular flexibility index (Phi) is 6.64. The van der Waals surface area contributed by atoms with Crippen LogP contribution in [0.15, 0.2) is 36.4 Å². The van der Waals surface area contributed by atoms with Gasteiger partial charge in [-0.2, -0.15) is 0 Å². The SMILES string of the molecule is O=C(COc1ccc(Cl)cc1)NC1CCN(C(=O)c2ccc(F)c(F)c2F)CC1. The lowest BCUT2D eigenvalue weighted by Gasteiger charge is -2.32. The number of amides is 2. The molecule has 0 radical (unpaired) electrons. The summed E-state index contributed by atoms with van der Waals surface area (Å²) in [5.74, 6) is -5.02. The number of hydrogen-bond acceptors (Lipinski definition) is 3. The highest BCUT2D eigenvalue weighted by atomic mass is 35.5. The lowest BCUT2D eigenvalue weighted by molar-refractivity contribution is -0.124. The zero-order valence-corrected chi connectivity index (χ0v) is 16.0. The summed E-state index contributed by atoms with van der Waals surface area (Å²) in [5, 5.41) is 3.38. The number of hydrogen-bond donors (Lipinski definition) is 1. The molecule has 1 fully saturated rings. The van der Waals surface area contributed by atoms with E-state index in [1.807, 2.05) is 0 Å². The number of benzene rings is 2. The van der Waals surface area contributed by atoms with Gasteiger partial charge in [0.25, 0.3) is 11.8 Å². The molecule has 154 valence electrons. The van der Waals surface area contributed by atoms with Crippen molar-refractivity contribution < 1.29 is 27.5 Å². The highest BCUT2D eigenvalue weighted by Gasteiger charge is 2.27. The standard InChI is InChI=1S/C20H18ClF3N2O3/c21-12-1-3-14(4-2-12)29-11-17(27)25-13-7-9-26(10-8-13)20(28)15-5-6-16(22)19(24)18(15)23/h1-6,13H,7-11H2,(H,25,27). The maximum Gasteiger partial charge on any atom is 0.258 e. The second kappa shape index (κ2) is 9.17. The van der Waals surface area contributed by atoms with Crippen molar-refractivity contribution in [3.05, 3.63) is 64.4 Å². The molecule has 5 nitrogen and oxygen atoms in total. The number of carbonyl (C=O) groups is 2. The molecule has 0 unspecified atom stereocenters. The van der Waals surface area contributed by atoms with Crippen molar-refractivity contribution >= 4 is 23.4 Å². The molecule has 0 aromatic heterocycles. The molecule has 1 N–H and O–H groups in total. The second-order valence-electron chi connectivity index (χ2n) is 6.60. The molecule has 0 aliphatic carbocycles. The number of halogens is 4. The highest BCUT2D eigenvalue weighted by molar-refractivity contribution is 6.30. The van der Waals surface area contributed by atoms with E-state index in [-0.39, 0.29) is 31.6 Å². The van der Waals surface area contributed by atoms with Crippen LogP contribution in [0.25, 0.3) is 0 Å². The van der Waals surface area contributed by atoms with Crippen molar-refractivity contribution in [2.45, 2.75) is 18.9 Å². The summed E-state index contributed by atoms with van der Waals surface area (Å²) in [6.45, 7) is 0.335. The first kappa shape index (κ1) is 21.0. The molecule has 1 saturated heterocycles. The monoisotopic (exact) mass is 426 g/mol. The molecule has 2 amide bonds. The van der Waals surface area contributed by atoms with Crippen LogP contribution in [0.1, 0.15) is 23.2 Å². The van der Waals surface area contributed by atoms with Gasteiger partial charge in [-0.1, -0.05) is 11.6 Å². The van der Waals surface area contributed by atoms with E-state index in [0.29, 0.717) is 23.6 Å². The molecule has 0 atom stereocenters. The molecule has 0 saturated carbocycles. The molecule has 1 heterocycles. The fraction of sp³-hybridized carbons (Fsp3) is 0.300. The minimum absolute atomic E-state index is 0.166. The molecule has 29 heavy (non-hydrogen) atoms. The van der Waals surface area contributed by atoms with E-state index in [2.05, 4.69) is 5.32 Å². The summed E-state index contributed by atoms with van der Waals surface area (Å²) in [4.78, 5) is 25.8. The van der Waals surface area contributed by atoms with E-state index in [4.69, 9.17) is 16.3 Å². The molecule has 9 heteroatoms. The van der Waals surface area contributed by atoms with Gasteiger partial charge in [0.15, 0.2) is 24.1 Å². The molecule has 2 aromatic rings. The predicted octanol–water partition coefficient (Wildman–Crippen LogP) is 3.56. The van der Waals surface area contributed by atoms with Crippen molar-refractivity contribution in [1.82, 2.24) is 10.2 Å². The smallest absolute Gasteiger partial charge is 0.258 e. The Balaban J connectivity index is 1.47. The molecule has 1 aliphatic rings. The van der Waals surface area contributed by atoms with Gasteiger partial charge >= 0.3 is 0 Å². The Morgan fingerprint density at radius 1 is 1.03 bits per heavy atom. The zero-order valence-electron chi connectivity index (χ0n) is 15.3. The number of ether oxygens (including phenoxy) is 1. The fourth-order valence-corrected chi connectivity index (χ4v) is 3.16. The predicted molar refractivity (Wildman–Crippen MR) is 100 cm³/mol. The summed E-state index contributed by atoms with van der Waals surface area (Å²) in [7, 11) is 0. The largest absolute Gasteiger partial charge is 0.484 e. The Morgan fingerprint density at radius 2 is 1.69 bits per heavy atom. The van der Waals surface area contributed by atoms with Crippen LogP contribution in [0.3, 0.4) is 0 Å². The van der Waals surface area contributed by atoms with Crippen LogP contribution in [0.5, 0.6) is 5.75 Å². The van der Waals surface area contributed by atoms with E-state index < -0.39 is 28.9 Å². The highest BCUT2D eigenvalue weighted by Crippen LogP contribution is 2.20. The van der Waals surface area contributed by atoms with Gasteiger partial charge in [-0.25, -0.2) is 13.2 Å². The lowest BCUT2D eigenvalue weighted by Crippen LogP contribution is -2.47. The molecule has 1 aliphatic heterocycles. The van der Waals surface area contributed by atoms with Crippen molar-refractivity contribution in [3.8, 4) is 5.75 Å². The van der Waals surface area contributed by atoms with Gasteiger partial charge in [-0.05, 0) is 49.2 Å². The third-order valence-corrected chi connectivity index (χ3v) is 4.85. The molecular weight excluding hydrogens is 409 g/mol. The van der Waals surface area contributed by atoms with Crippen molar-refractivity contribution in [1.29, 1.82) is 0 Å². The number of nitrogens with zero attached hydrogens (tertiary/aromatic N) is 1. The Morgan fingerprint density at radius 3 is 2.34 bits per heavy atom. The molecular formula is C20H18ClF3N2O3. The molecule has 2 aromatic carbocycles. The first-order valence-corrected chi connectivity index (χ1v) is 9.33. The topological polar surface area (TPSA) is 58.6 Å². The fourth-order valence-electron chi connectivity index (χ4n) is 3.04. The van der Waals surface area contributed by atoms with Gasteiger partial charge in [0.2, 0.25) is 0 Å². The number of nitrogens with one attached hydrogen (secondary N) is 1. The van der Waals surface area contributed by atoms with Gasteiger partial charge < -0.3 is 15.0 Å². The van der Waals surface area contributed by atoms with Gasteiger partial charge in [-0.3, -0.25) is 9.59 Å². The average Bonchev–Trinajstić information content (AvgIpc) is 2.72. The second-order valence-corrected chi connectivity index (χ2v) is 7.04. The zero-order chi connectivity index (χ0) is 21.0. The van der Waals surface area contributed by atoms with E-state index in [9.17, 15) is 22.8 Å². The van der Waals surface area contributed by atoms with Gasteiger partial charge in [0, 0.05) is 24.2 Å². The summed E-state index contributed by atoms with van der Waals surface area (Å²) in [6, 6.07) is 8.08. The maximum absolute atomic E-state index is 13.8. The number of likely N-dealkylation sites (tertiary alicyclic amines) is 1. The van der Waals surface area contributed by atoms with Gasteiger partial charge in [0.05, 0.1) is 5.56 Å². The number of rotatable bonds is 5. The van der Waals surface area contributed by atoms with Crippen LogP contribution < -0.4 is 10.1 Å². The Labute approximate surface area is 170 Å². The van der Waals surface area contributed by atoms with Crippen LogP contribution >= 0.6 is 11.6 Å². The van der Waals surface area contributed by atoms with E-state index in [1.165, 1.54) is 4.90 Å². The van der Waals surface area contributed by atoms with Crippen molar-refractivity contribution in [3.63, 3.8) is 0 Å². The summed E-state index contributed by atoms with van der Waals surface area (Å²) < 4.78 is 45.6. The quantitative estimate of drug-likeness (QED) is 0.744. The number of piperidine rings is 1. The Hall–Kier alpha value is -2.74. The van der Waals surface area contributed by atoms with Crippen molar-refractivity contribution in [2.75, 3.05) is 19.7 Å². The first-order chi connectivity index (χ1) is 13.8. The normalized spacial score (nSPS) is 14.6. The van der Waals surface area contributed by atoms with Crippen LogP contribution in [-0.2, 0) is 4.79 Å². The van der Waals surface area contributed by atoms with Gasteiger partial charge in [0.1, 0.15) is 5.75 Å². The third-order valence-electron chi connectivity index (χ3n) is 4.60. The average molecular weight is 427 g/mol. The third kappa shape index (κ3) is 5.20. The summed E-state index contributed by atoms with van der Waals surface area (Å²) in [5.41, 5.74) is -0.511. The van der Waals surface area contributed by atoms with Crippen LogP contribution in [0.2, 0.25) is 5.02 Å². The van der Waals surface area contributed by atoms with Crippen LogP contribution in [-0.4, -0.2) is 42.5 Å². The Bertz CT molecular complexity index is 901. The van der Waals surface area contributed by atoms with E-state index in [0.717, 1.165) is 12.1 Å². The number of carbonyl (C=O) groups excluding carboxylic acids is 2. The van der Waals surface area contributed by atoms with E-state index in [1.54, 1.807) is 24.3 Å². The minimum atomic E-state index is -1.67. The minimum Gasteiger partial charge on any atom is -0.484 e. The maximum atomic E-state index is 13.8. The lowest BCUT2D eigenvalue weighted by atomic mass is 10.0. The van der Waals surface area contributed by atoms with E-state index >= 15 is 0 Å². The first-order valence-electron chi connectivity index (χ1n) is 8.95. The van der Waals surface area contributed by atoms with Crippen molar-refractivity contribution in [2.24, 2.45) is 0 Å². The molecule has 0 spiro atoms. The summed E-state index contributed by atoms with van der Waals surface area (Å²) in [6.07, 6.45) is 0.896. The van der Waals surface area contributed by atoms with Crippen LogP contribution in [0.4, 0.5) is 13.2 Å². The van der Waals surface area contributed by atoms with Gasteiger partial charge in [-0.15, -0.1) is 0 Å². The summed E-state index contributed by atoms with van der Waals surface area (Å²) >= 11 is 5.78. The molecule has 3 rings (SSSR count). The van der Waals surface area contributed by atoms with Crippen LogP contribution in [0, 0.1) is 17.5 Å². The molecule has 0 bridgehead atoms.